The zero-order valence-electron chi connectivity index (χ0n) is 18.7. The van der Waals surface area contributed by atoms with Crippen LogP contribution in [0.15, 0.2) is 55.0 Å². The highest BCUT2D eigenvalue weighted by Gasteiger charge is 2.25. The summed E-state index contributed by atoms with van der Waals surface area (Å²) in [5.74, 6) is 0.659. The number of carbonyl (C=O) groups excluding carboxylic acids is 2. The molecule has 0 bridgehead atoms. The topological polar surface area (TPSA) is 71.3 Å². The molecule has 168 valence electrons. The molecule has 32 heavy (non-hydrogen) atoms. The Morgan fingerprint density at radius 1 is 1.12 bits per heavy atom. The SMILES string of the molecule is CN(CCc1ccccn1)C(=O)CCC1CCCN(C(=O)Cn2cnc3ccccc32)C1. The fourth-order valence-electron chi connectivity index (χ4n) is 4.38. The van der Waals surface area contributed by atoms with Gasteiger partial charge in [0.25, 0.3) is 0 Å². The molecule has 3 heterocycles. The van der Waals surface area contributed by atoms with Gasteiger partial charge in [-0.15, -0.1) is 0 Å². The van der Waals surface area contributed by atoms with Crippen LogP contribution in [0, 0.1) is 5.92 Å². The molecule has 1 saturated heterocycles. The highest BCUT2D eigenvalue weighted by Crippen LogP contribution is 2.22. The molecule has 1 unspecified atom stereocenters. The summed E-state index contributed by atoms with van der Waals surface area (Å²) < 4.78 is 1.92. The number of nitrogens with zero attached hydrogens (tertiary/aromatic N) is 5. The van der Waals surface area contributed by atoms with E-state index in [-0.39, 0.29) is 11.8 Å². The molecule has 1 atom stereocenters. The minimum Gasteiger partial charge on any atom is -0.345 e. The van der Waals surface area contributed by atoms with Crippen LogP contribution in [0.4, 0.5) is 0 Å². The maximum Gasteiger partial charge on any atom is 0.242 e. The number of carbonyl (C=O) groups is 2. The van der Waals surface area contributed by atoms with Crippen molar-refractivity contribution in [2.45, 2.75) is 38.6 Å². The van der Waals surface area contributed by atoms with Crippen LogP contribution in [0.3, 0.4) is 0 Å². The molecule has 0 spiro atoms. The van der Waals surface area contributed by atoms with Gasteiger partial charge in [0.15, 0.2) is 0 Å². The molecule has 1 aliphatic heterocycles. The second kappa shape index (κ2) is 10.4. The predicted octanol–water partition coefficient (Wildman–Crippen LogP) is 3.15. The van der Waals surface area contributed by atoms with E-state index in [0.717, 1.165) is 55.5 Å². The maximum atomic E-state index is 12.9. The van der Waals surface area contributed by atoms with Crippen molar-refractivity contribution in [2.24, 2.45) is 5.92 Å². The number of amides is 2. The number of aromatic nitrogens is 3. The van der Waals surface area contributed by atoms with E-state index in [2.05, 4.69) is 9.97 Å². The summed E-state index contributed by atoms with van der Waals surface area (Å²) in [6.45, 7) is 2.50. The Morgan fingerprint density at radius 3 is 2.81 bits per heavy atom. The fraction of sp³-hybridized carbons (Fsp3) is 0.440. The Labute approximate surface area is 189 Å². The van der Waals surface area contributed by atoms with Gasteiger partial charge >= 0.3 is 0 Å². The Hall–Kier alpha value is -3.22. The first kappa shape index (κ1) is 22.0. The lowest BCUT2D eigenvalue weighted by atomic mass is 9.93. The minimum absolute atomic E-state index is 0.122. The van der Waals surface area contributed by atoms with E-state index >= 15 is 0 Å². The van der Waals surface area contributed by atoms with Crippen LogP contribution in [-0.2, 0) is 22.6 Å². The van der Waals surface area contributed by atoms with Gasteiger partial charge in [0, 0.05) is 51.4 Å². The summed E-state index contributed by atoms with van der Waals surface area (Å²) in [5, 5.41) is 0. The zero-order valence-corrected chi connectivity index (χ0v) is 18.7. The van der Waals surface area contributed by atoms with E-state index in [9.17, 15) is 9.59 Å². The summed E-state index contributed by atoms with van der Waals surface area (Å²) in [7, 11) is 1.86. The number of rotatable bonds is 8. The molecule has 7 nitrogen and oxygen atoms in total. The number of benzene rings is 1. The summed E-state index contributed by atoms with van der Waals surface area (Å²) in [6.07, 6.45) is 7.69. The van der Waals surface area contributed by atoms with E-state index in [1.165, 1.54) is 0 Å². The summed E-state index contributed by atoms with van der Waals surface area (Å²) in [6, 6.07) is 13.7. The molecule has 0 aliphatic carbocycles. The lowest BCUT2D eigenvalue weighted by Gasteiger charge is -2.33. The number of fused-ring (bicyclic) bond motifs is 1. The van der Waals surface area contributed by atoms with Crippen LogP contribution in [0.2, 0.25) is 0 Å². The van der Waals surface area contributed by atoms with Crippen molar-refractivity contribution in [3.05, 3.63) is 60.7 Å². The van der Waals surface area contributed by atoms with Crippen LogP contribution in [0.25, 0.3) is 11.0 Å². The predicted molar refractivity (Wildman–Crippen MR) is 124 cm³/mol. The van der Waals surface area contributed by atoms with Crippen molar-refractivity contribution in [1.82, 2.24) is 24.3 Å². The average Bonchev–Trinajstić information content (AvgIpc) is 3.24. The maximum absolute atomic E-state index is 12.9. The van der Waals surface area contributed by atoms with Crippen LogP contribution in [0.1, 0.15) is 31.4 Å². The second-order valence-corrected chi connectivity index (χ2v) is 8.63. The lowest BCUT2D eigenvalue weighted by molar-refractivity contribution is -0.133. The number of imidazole rings is 1. The Balaban J connectivity index is 1.23. The Kier molecular flexibility index (Phi) is 7.14. The number of piperidine rings is 1. The molecule has 0 N–H and O–H groups in total. The van der Waals surface area contributed by atoms with Crippen LogP contribution in [-0.4, -0.2) is 62.8 Å². The first-order valence-electron chi connectivity index (χ1n) is 11.4. The zero-order chi connectivity index (χ0) is 22.3. The molecule has 3 aromatic rings. The van der Waals surface area contributed by atoms with Crippen LogP contribution < -0.4 is 0 Å². The molecule has 4 rings (SSSR count). The van der Waals surface area contributed by atoms with Crippen molar-refractivity contribution in [1.29, 1.82) is 0 Å². The summed E-state index contributed by atoms with van der Waals surface area (Å²) in [5.41, 5.74) is 2.88. The third-order valence-electron chi connectivity index (χ3n) is 6.33. The van der Waals surface area contributed by atoms with Gasteiger partial charge in [-0.25, -0.2) is 4.98 Å². The highest BCUT2D eigenvalue weighted by atomic mass is 16.2. The van der Waals surface area contributed by atoms with E-state index in [1.807, 2.05) is 59.0 Å². The average molecular weight is 434 g/mol. The first-order chi connectivity index (χ1) is 15.6. The Bertz CT molecular complexity index is 1050. The molecule has 1 aliphatic rings. The largest absolute Gasteiger partial charge is 0.345 e. The second-order valence-electron chi connectivity index (χ2n) is 8.63. The number of para-hydroxylation sites is 2. The fourth-order valence-corrected chi connectivity index (χ4v) is 4.38. The number of likely N-dealkylation sites (tertiary alicyclic amines) is 1. The quantitative estimate of drug-likeness (QED) is 0.547. The van der Waals surface area contributed by atoms with Gasteiger partial charge in [-0.3, -0.25) is 14.6 Å². The van der Waals surface area contributed by atoms with E-state index in [0.29, 0.717) is 25.4 Å². The number of pyridine rings is 1. The monoisotopic (exact) mass is 433 g/mol. The number of hydrogen-bond acceptors (Lipinski definition) is 4. The standard InChI is InChI=1S/C25H31N5O2/c1-28(16-13-21-8-4-5-14-26-21)24(31)12-11-20-7-6-15-29(17-20)25(32)18-30-19-27-22-9-2-3-10-23(22)30/h2-5,8-10,14,19-20H,6-7,11-13,15-18H2,1H3. The van der Waals surface area contributed by atoms with Gasteiger partial charge < -0.3 is 14.4 Å². The van der Waals surface area contributed by atoms with E-state index in [4.69, 9.17) is 0 Å². The normalized spacial score (nSPS) is 16.3. The summed E-state index contributed by atoms with van der Waals surface area (Å²) >= 11 is 0. The van der Waals surface area contributed by atoms with Crippen LogP contribution >= 0.6 is 0 Å². The molecule has 0 radical (unpaired) electrons. The van der Waals surface area contributed by atoms with Crippen molar-refractivity contribution < 1.29 is 9.59 Å². The molecule has 1 fully saturated rings. The number of hydrogen-bond donors (Lipinski definition) is 0. The van der Waals surface area contributed by atoms with Gasteiger partial charge in [-0.05, 0) is 49.4 Å². The van der Waals surface area contributed by atoms with Gasteiger partial charge in [0.2, 0.25) is 11.8 Å². The molecular formula is C25H31N5O2. The first-order valence-corrected chi connectivity index (χ1v) is 11.4. The lowest BCUT2D eigenvalue weighted by Crippen LogP contribution is -2.41. The molecule has 2 aromatic heterocycles. The molecular weight excluding hydrogens is 402 g/mol. The van der Waals surface area contributed by atoms with Crippen molar-refractivity contribution in [3.63, 3.8) is 0 Å². The highest BCUT2D eigenvalue weighted by molar-refractivity contribution is 5.80. The third kappa shape index (κ3) is 5.52. The van der Waals surface area contributed by atoms with E-state index in [1.54, 1.807) is 17.4 Å². The minimum atomic E-state index is 0.122. The molecule has 0 saturated carbocycles. The van der Waals surface area contributed by atoms with Crippen molar-refractivity contribution in [3.8, 4) is 0 Å². The third-order valence-corrected chi connectivity index (χ3v) is 6.33. The molecule has 2 amide bonds. The smallest absolute Gasteiger partial charge is 0.242 e. The van der Waals surface area contributed by atoms with Gasteiger partial charge in [-0.1, -0.05) is 18.2 Å². The molecule has 1 aromatic carbocycles. The van der Waals surface area contributed by atoms with Crippen LogP contribution in [0.5, 0.6) is 0 Å². The van der Waals surface area contributed by atoms with Crippen molar-refractivity contribution >= 4 is 22.8 Å². The van der Waals surface area contributed by atoms with Crippen molar-refractivity contribution in [2.75, 3.05) is 26.7 Å². The van der Waals surface area contributed by atoms with Gasteiger partial charge in [0.05, 0.1) is 17.4 Å². The van der Waals surface area contributed by atoms with Gasteiger partial charge in [0.1, 0.15) is 6.54 Å². The van der Waals surface area contributed by atoms with E-state index < -0.39 is 0 Å². The number of likely N-dealkylation sites (N-methyl/N-ethyl adjacent to an activating group) is 1. The summed E-state index contributed by atoms with van der Waals surface area (Å²) in [4.78, 5) is 37.9. The van der Waals surface area contributed by atoms with Gasteiger partial charge in [-0.2, -0.15) is 0 Å². The Morgan fingerprint density at radius 2 is 1.97 bits per heavy atom. The molecule has 7 heteroatoms.